The van der Waals surface area contributed by atoms with E-state index in [4.69, 9.17) is 0 Å². The van der Waals surface area contributed by atoms with Crippen molar-refractivity contribution >= 4 is 21.7 Å². The first-order valence-corrected chi connectivity index (χ1v) is 14.7. The van der Waals surface area contributed by atoms with E-state index in [1.807, 2.05) is 6.08 Å². The van der Waals surface area contributed by atoms with Gasteiger partial charge in [-0.05, 0) is 18.9 Å². The third-order valence-corrected chi connectivity index (χ3v) is 6.94. The van der Waals surface area contributed by atoms with Crippen molar-refractivity contribution in [3.05, 3.63) is 12.2 Å². The number of ketones is 1. The third kappa shape index (κ3) is 17.0. The van der Waals surface area contributed by atoms with Gasteiger partial charge in [-0.3, -0.25) is 14.3 Å². The molecule has 0 spiro atoms. The summed E-state index contributed by atoms with van der Waals surface area (Å²) in [6, 6.07) is 0. The number of hydrogen-bond donors (Lipinski definition) is 2. The Morgan fingerprint density at radius 3 is 2.11 bits per heavy atom. The third-order valence-electron chi connectivity index (χ3n) is 6.15. The van der Waals surface area contributed by atoms with Gasteiger partial charge in [0.1, 0.15) is 32.3 Å². The van der Waals surface area contributed by atoms with Crippen LogP contribution in [0.25, 0.3) is 0 Å². The summed E-state index contributed by atoms with van der Waals surface area (Å²) in [5.41, 5.74) is 0. The Kier molecular flexibility index (Phi) is 20.6. The van der Waals surface area contributed by atoms with Gasteiger partial charge in [-0.2, -0.15) is 0 Å². The van der Waals surface area contributed by atoms with E-state index in [9.17, 15) is 28.0 Å². The second kappa shape index (κ2) is 20.7. The number of nitrogens with zero attached hydrogens (tertiary/aromatic N) is 2. The van der Waals surface area contributed by atoms with E-state index in [1.54, 1.807) is 9.48 Å². The average Bonchev–Trinajstić information content (AvgIpc) is 3.14. The molecular formula is C25H46N2NaO6S+. The van der Waals surface area contributed by atoms with Crippen molar-refractivity contribution in [2.75, 3.05) is 38.5 Å². The molecule has 35 heavy (non-hydrogen) atoms. The summed E-state index contributed by atoms with van der Waals surface area (Å²) in [6.45, 7) is 3.20. The van der Waals surface area contributed by atoms with E-state index in [0.717, 1.165) is 19.3 Å². The van der Waals surface area contributed by atoms with E-state index >= 15 is 0 Å². The van der Waals surface area contributed by atoms with Gasteiger partial charge >= 0.3 is 35.4 Å². The zero-order valence-electron chi connectivity index (χ0n) is 22.0. The molecule has 198 valence electrons. The summed E-state index contributed by atoms with van der Waals surface area (Å²) in [7, 11) is -4.55. The van der Waals surface area contributed by atoms with Crippen molar-refractivity contribution in [1.82, 2.24) is 4.90 Å². The molecule has 10 heteroatoms. The SMILES string of the molecule is CCCCCCCCCCCCCC/C=C/C(=O)C1=[N+](CC(O)CS(=O)(=O)[O-])CCN1CCO.[Na+]. The van der Waals surface area contributed by atoms with E-state index in [2.05, 4.69) is 6.92 Å². The predicted octanol–water partition coefficient (Wildman–Crippen LogP) is -0.168. The van der Waals surface area contributed by atoms with Crippen molar-refractivity contribution in [2.24, 2.45) is 0 Å². The number of carbonyl (C=O) groups is 1. The summed E-state index contributed by atoms with van der Waals surface area (Å²) in [5, 5.41) is 19.2. The van der Waals surface area contributed by atoms with Gasteiger partial charge in [-0.15, -0.1) is 0 Å². The molecular weight excluding hydrogens is 479 g/mol. The maximum atomic E-state index is 12.8. The van der Waals surface area contributed by atoms with E-state index < -0.39 is 22.0 Å². The normalized spacial score (nSPS) is 15.1. The molecule has 0 bridgehead atoms. The van der Waals surface area contributed by atoms with Crippen LogP contribution in [-0.2, 0) is 14.9 Å². The van der Waals surface area contributed by atoms with Crippen LogP contribution in [-0.4, -0.2) is 88.9 Å². The number of carbonyl (C=O) groups excluding carboxylic acids is 1. The first-order chi connectivity index (χ1) is 16.3. The second-order valence-electron chi connectivity index (χ2n) is 9.30. The zero-order chi connectivity index (χ0) is 25.2. The van der Waals surface area contributed by atoms with Crippen LogP contribution in [0.15, 0.2) is 12.2 Å². The van der Waals surface area contributed by atoms with Crippen molar-refractivity contribution in [2.45, 2.75) is 96.5 Å². The molecule has 0 saturated heterocycles. The molecule has 1 aliphatic rings. The van der Waals surface area contributed by atoms with Gasteiger partial charge in [0.2, 0.25) is 0 Å². The van der Waals surface area contributed by atoms with Gasteiger partial charge in [-0.25, -0.2) is 8.42 Å². The molecule has 0 aromatic rings. The number of rotatable bonds is 21. The first-order valence-electron chi connectivity index (χ1n) is 13.1. The molecule has 1 unspecified atom stereocenters. The summed E-state index contributed by atoms with van der Waals surface area (Å²) in [5.74, 6) is -0.788. The Labute approximate surface area is 234 Å². The van der Waals surface area contributed by atoms with Crippen LogP contribution >= 0.6 is 0 Å². The summed E-state index contributed by atoms with van der Waals surface area (Å²) in [4.78, 5) is 14.5. The fourth-order valence-corrected chi connectivity index (χ4v) is 4.97. The maximum Gasteiger partial charge on any atom is 1.00 e. The Bertz CT molecular complexity index is 742. The largest absolute Gasteiger partial charge is 1.00 e. The first kappa shape index (κ1) is 34.7. The van der Waals surface area contributed by atoms with Crippen LogP contribution in [0.1, 0.15) is 90.4 Å². The molecule has 0 radical (unpaired) electrons. The number of hydrogen-bond acceptors (Lipinski definition) is 7. The molecule has 1 heterocycles. The van der Waals surface area contributed by atoms with Crippen molar-refractivity contribution in [3.8, 4) is 0 Å². The van der Waals surface area contributed by atoms with Crippen LogP contribution in [0.2, 0.25) is 0 Å². The predicted molar refractivity (Wildman–Crippen MR) is 134 cm³/mol. The van der Waals surface area contributed by atoms with Crippen molar-refractivity contribution < 1.29 is 62.1 Å². The fraction of sp³-hybridized carbons (Fsp3) is 0.840. The van der Waals surface area contributed by atoms with Gasteiger partial charge < -0.3 is 14.8 Å². The van der Waals surface area contributed by atoms with Crippen LogP contribution in [0.5, 0.6) is 0 Å². The number of β-amino-alcohol motifs (C(OH)–C–C–N with tert-alkyl or cyclic N) is 2. The minimum absolute atomic E-state index is 0. The smallest absolute Gasteiger partial charge is 0.748 e. The molecule has 0 aromatic heterocycles. The Morgan fingerprint density at radius 2 is 1.60 bits per heavy atom. The number of amidine groups is 1. The van der Waals surface area contributed by atoms with E-state index in [-0.39, 0.29) is 55.0 Å². The maximum absolute atomic E-state index is 12.8. The monoisotopic (exact) mass is 525 g/mol. The Morgan fingerprint density at radius 1 is 1.06 bits per heavy atom. The van der Waals surface area contributed by atoms with Crippen molar-refractivity contribution in [3.63, 3.8) is 0 Å². The topological polar surface area (TPSA) is 121 Å². The number of allylic oxidation sites excluding steroid dienone is 1. The summed E-state index contributed by atoms with van der Waals surface area (Å²) < 4.78 is 34.3. The average molecular weight is 526 g/mol. The molecule has 0 amide bonds. The van der Waals surface area contributed by atoms with Crippen molar-refractivity contribution in [1.29, 1.82) is 0 Å². The minimum Gasteiger partial charge on any atom is -0.748 e. The summed E-state index contributed by atoms with van der Waals surface area (Å²) in [6.07, 6.45) is 18.2. The summed E-state index contributed by atoms with van der Waals surface area (Å²) >= 11 is 0. The molecule has 0 aliphatic carbocycles. The molecule has 1 aliphatic heterocycles. The molecule has 2 N–H and O–H groups in total. The van der Waals surface area contributed by atoms with E-state index in [0.29, 0.717) is 18.9 Å². The minimum atomic E-state index is -4.55. The van der Waals surface area contributed by atoms with Gasteiger partial charge in [-0.1, -0.05) is 83.6 Å². The molecule has 0 saturated carbocycles. The standard InChI is InChI=1S/C25H46N2O6S.Na/c1-2-3-4-5-6-7-8-9-10-11-12-13-14-15-16-24(30)25-26(19-20-28)17-18-27(25)21-23(29)22-34(31,32)33;/h15-16,23,28-29H,2-14,17-22H2,1H3;/q;+1/b16-15+;. The van der Waals surface area contributed by atoms with Gasteiger partial charge in [0.25, 0.3) is 5.78 Å². The van der Waals surface area contributed by atoms with Crippen LogP contribution in [0.4, 0.5) is 0 Å². The number of aliphatic hydroxyl groups is 2. The number of aliphatic hydroxyl groups excluding tert-OH is 2. The van der Waals surface area contributed by atoms with E-state index in [1.165, 1.54) is 70.3 Å². The molecule has 0 fully saturated rings. The molecule has 1 atom stereocenters. The van der Waals surface area contributed by atoms with Gasteiger partial charge in [0, 0.05) is 0 Å². The molecule has 1 rings (SSSR count). The second-order valence-corrected chi connectivity index (χ2v) is 10.8. The van der Waals surface area contributed by atoms with Gasteiger partial charge in [0.15, 0.2) is 0 Å². The van der Waals surface area contributed by atoms with Crippen LogP contribution in [0.3, 0.4) is 0 Å². The van der Waals surface area contributed by atoms with Gasteiger partial charge in [0.05, 0.1) is 22.5 Å². The zero-order valence-corrected chi connectivity index (χ0v) is 24.8. The molecule has 0 aromatic carbocycles. The van der Waals surface area contributed by atoms with Crippen LogP contribution < -0.4 is 29.6 Å². The Hall–Kier alpha value is -0.290. The Balaban J connectivity index is 0.0000116. The number of unbranched alkanes of at least 4 members (excludes halogenated alkanes) is 12. The quantitative estimate of drug-likeness (QED) is 0.0702. The molecule has 8 nitrogen and oxygen atoms in total. The van der Waals surface area contributed by atoms with Crippen LogP contribution in [0, 0.1) is 0 Å². The fourth-order valence-electron chi connectivity index (χ4n) is 4.39.